The number of carbonyl (C=O) groups is 2. The van der Waals surface area contributed by atoms with E-state index in [2.05, 4.69) is 10.6 Å². The lowest BCUT2D eigenvalue weighted by atomic mass is 10.1. The van der Waals surface area contributed by atoms with Crippen molar-refractivity contribution in [1.82, 2.24) is 15.5 Å². The molecule has 3 amide bonds. The topological polar surface area (TPSA) is 61.4 Å². The van der Waals surface area contributed by atoms with Crippen molar-refractivity contribution in [1.29, 1.82) is 0 Å². The number of piperazine rings is 1. The molecule has 1 aliphatic heterocycles. The lowest BCUT2D eigenvalue weighted by Gasteiger charge is -2.28. The molecule has 1 heterocycles. The summed E-state index contributed by atoms with van der Waals surface area (Å²) >= 11 is 0. The molecule has 0 bridgehead atoms. The highest BCUT2D eigenvalue weighted by molar-refractivity contribution is 5.85. The number of hydrogen-bond acceptors (Lipinski definition) is 2. The minimum atomic E-state index is -0.696. The molecule has 1 aromatic rings. The minimum Gasteiger partial charge on any atom is -0.353 e. The molecule has 0 radical (unpaired) electrons. The van der Waals surface area contributed by atoms with Gasteiger partial charge >= 0.3 is 6.03 Å². The van der Waals surface area contributed by atoms with Crippen LogP contribution in [0.25, 0.3) is 0 Å². The third-order valence-corrected chi connectivity index (χ3v) is 3.05. The molecule has 2 N–H and O–H groups in total. The molecule has 1 aliphatic rings. The maximum atomic E-state index is 13.1. The number of benzene rings is 1. The van der Waals surface area contributed by atoms with Crippen LogP contribution in [0, 0.1) is 11.6 Å². The monoisotopic (exact) mass is 283 g/mol. The van der Waals surface area contributed by atoms with Crippen LogP contribution in [0.1, 0.15) is 18.5 Å². The Hall–Kier alpha value is -2.18. The smallest absolute Gasteiger partial charge is 0.318 e. The van der Waals surface area contributed by atoms with E-state index >= 15 is 0 Å². The van der Waals surface area contributed by atoms with E-state index in [0.717, 1.165) is 18.2 Å². The van der Waals surface area contributed by atoms with E-state index in [-0.39, 0.29) is 12.5 Å². The summed E-state index contributed by atoms with van der Waals surface area (Å²) in [6.07, 6.45) is 0. The molecule has 2 rings (SSSR count). The first kappa shape index (κ1) is 14.2. The number of carbonyl (C=O) groups excluding carboxylic acids is 2. The van der Waals surface area contributed by atoms with E-state index in [1.54, 1.807) is 6.92 Å². The van der Waals surface area contributed by atoms with Crippen LogP contribution < -0.4 is 10.6 Å². The Morgan fingerprint density at radius 1 is 1.35 bits per heavy atom. The predicted octanol–water partition coefficient (Wildman–Crippen LogP) is 1.17. The molecule has 0 saturated carbocycles. The van der Waals surface area contributed by atoms with Gasteiger partial charge in [-0.3, -0.25) is 4.79 Å². The molecule has 1 atom stereocenters. The van der Waals surface area contributed by atoms with Crippen molar-refractivity contribution in [3.8, 4) is 0 Å². The van der Waals surface area contributed by atoms with Gasteiger partial charge in [0.15, 0.2) is 0 Å². The zero-order valence-corrected chi connectivity index (χ0v) is 11.0. The van der Waals surface area contributed by atoms with Gasteiger partial charge in [-0.2, -0.15) is 0 Å². The fraction of sp³-hybridized carbons (Fsp3) is 0.385. The third-order valence-electron chi connectivity index (χ3n) is 3.05. The molecule has 0 spiro atoms. The Morgan fingerprint density at radius 3 is 2.60 bits per heavy atom. The van der Waals surface area contributed by atoms with Crippen molar-refractivity contribution in [2.24, 2.45) is 0 Å². The number of nitrogens with one attached hydrogen (secondary N) is 2. The lowest BCUT2D eigenvalue weighted by Crippen LogP contribution is -2.53. The molecule has 1 fully saturated rings. The normalized spacial score (nSPS) is 16.6. The van der Waals surface area contributed by atoms with Crippen molar-refractivity contribution in [2.45, 2.75) is 13.0 Å². The predicted molar refractivity (Wildman–Crippen MR) is 67.9 cm³/mol. The summed E-state index contributed by atoms with van der Waals surface area (Å²) in [6.45, 7) is 2.41. The summed E-state index contributed by atoms with van der Waals surface area (Å²) in [5.74, 6) is -1.62. The SMILES string of the molecule is C[C@H](NC(=O)N1CCNC(=O)C1)c1cc(F)cc(F)c1. The molecule has 108 valence electrons. The number of amides is 3. The average Bonchev–Trinajstić information content (AvgIpc) is 2.37. The van der Waals surface area contributed by atoms with E-state index in [1.807, 2.05) is 0 Å². The number of halogens is 2. The highest BCUT2D eigenvalue weighted by Gasteiger charge is 2.22. The summed E-state index contributed by atoms with van der Waals surface area (Å²) in [7, 11) is 0. The number of nitrogens with zero attached hydrogens (tertiary/aromatic N) is 1. The van der Waals surface area contributed by atoms with E-state index < -0.39 is 23.7 Å². The summed E-state index contributed by atoms with van der Waals surface area (Å²) < 4.78 is 26.2. The lowest BCUT2D eigenvalue weighted by molar-refractivity contribution is -0.123. The van der Waals surface area contributed by atoms with Crippen molar-refractivity contribution in [2.75, 3.05) is 19.6 Å². The third kappa shape index (κ3) is 3.43. The Morgan fingerprint density at radius 2 is 2.00 bits per heavy atom. The van der Waals surface area contributed by atoms with E-state index in [0.29, 0.717) is 18.7 Å². The van der Waals surface area contributed by atoms with E-state index in [9.17, 15) is 18.4 Å². The van der Waals surface area contributed by atoms with Gasteiger partial charge in [0.25, 0.3) is 0 Å². The molecule has 0 aromatic heterocycles. The Kier molecular flexibility index (Phi) is 4.16. The standard InChI is InChI=1S/C13H15F2N3O2/c1-8(9-4-10(14)6-11(15)5-9)17-13(20)18-3-2-16-12(19)7-18/h4-6,8H,2-3,7H2,1H3,(H,16,19)(H,17,20)/t8-/m0/s1. The van der Waals surface area contributed by atoms with Crippen molar-refractivity contribution >= 4 is 11.9 Å². The molecule has 5 nitrogen and oxygen atoms in total. The first-order valence-electron chi connectivity index (χ1n) is 6.24. The second kappa shape index (κ2) is 5.85. The second-order valence-electron chi connectivity index (χ2n) is 4.65. The number of hydrogen-bond donors (Lipinski definition) is 2. The van der Waals surface area contributed by atoms with Crippen LogP contribution in [-0.2, 0) is 4.79 Å². The molecule has 0 unspecified atom stereocenters. The summed E-state index contributed by atoms with van der Waals surface area (Å²) in [5, 5.41) is 5.22. The fourth-order valence-corrected chi connectivity index (χ4v) is 2.00. The first-order valence-corrected chi connectivity index (χ1v) is 6.24. The van der Waals surface area contributed by atoms with Gasteiger partial charge in [-0.25, -0.2) is 13.6 Å². The molecular weight excluding hydrogens is 268 g/mol. The van der Waals surface area contributed by atoms with Crippen molar-refractivity contribution in [3.63, 3.8) is 0 Å². The molecule has 0 aliphatic carbocycles. The van der Waals surface area contributed by atoms with Gasteiger partial charge < -0.3 is 15.5 Å². The molecular formula is C13H15F2N3O2. The Balaban J connectivity index is 2.01. The number of urea groups is 1. The summed E-state index contributed by atoms with van der Waals surface area (Å²) in [6, 6.07) is 2.11. The van der Waals surface area contributed by atoms with Gasteiger partial charge in [-0.05, 0) is 24.6 Å². The number of rotatable bonds is 2. The Labute approximate surface area is 114 Å². The van der Waals surface area contributed by atoms with Crippen LogP contribution in [-0.4, -0.2) is 36.5 Å². The zero-order valence-electron chi connectivity index (χ0n) is 11.0. The fourth-order valence-electron chi connectivity index (χ4n) is 2.00. The summed E-state index contributed by atoms with van der Waals surface area (Å²) in [4.78, 5) is 24.5. The highest BCUT2D eigenvalue weighted by atomic mass is 19.1. The molecule has 1 saturated heterocycles. The van der Waals surface area contributed by atoms with Crippen molar-refractivity contribution < 1.29 is 18.4 Å². The largest absolute Gasteiger partial charge is 0.353 e. The average molecular weight is 283 g/mol. The van der Waals surface area contributed by atoms with Crippen LogP contribution >= 0.6 is 0 Å². The van der Waals surface area contributed by atoms with Crippen molar-refractivity contribution in [3.05, 3.63) is 35.4 Å². The summed E-state index contributed by atoms with van der Waals surface area (Å²) in [5.41, 5.74) is 0.331. The van der Waals surface area contributed by atoms with E-state index in [4.69, 9.17) is 0 Å². The second-order valence-corrected chi connectivity index (χ2v) is 4.65. The van der Waals surface area contributed by atoms with Crippen LogP contribution in [0.5, 0.6) is 0 Å². The quantitative estimate of drug-likeness (QED) is 0.856. The van der Waals surface area contributed by atoms with Gasteiger partial charge in [0.1, 0.15) is 18.2 Å². The Bertz CT molecular complexity index is 516. The zero-order chi connectivity index (χ0) is 14.7. The molecule has 7 heteroatoms. The van der Waals surface area contributed by atoms with Crippen LogP contribution in [0.3, 0.4) is 0 Å². The van der Waals surface area contributed by atoms with Gasteiger partial charge in [0, 0.05) is 19.2 Å². The molecule has 20 heavy (non-hydrogen) atoms. The maximum Gasteiger partial charge on any atom is 0.318 e. The van der Waals surface area contributed by atoms with Crippen LogP contribution in [0.2, 0.25) is 0 Å². The van der Waals surface area contributed by atoms with Gasteiger partial charge in [-0.15, -0.1) is 0 Å². The van der Waals surface area contributed by atoms with Gasteiger partial charge in [0.2, 0.25) is 5.91 Å². The van der Waals surface area contributed by atoms with Gasteiger partial charge in [-0.1, -0.05) is 0 Å². The van der Waals surface area contributed by atoms with E-state index in [1.165, 1.54) is 4.90 Å². The first-order chi connectivity index (χ1) is 9.45. The highest BCUT2D eigenvalue weighted by Crippen LogP contribution is 2.16. The molecule has 1 aromatic carbocycles. The van der Waals surface area contributed by atoms with Crippen LogP contribution in [0.15, 0.2) is 18.2 Å². The van der Waals surface area contributed by atoms with Crippen LogP contribution in [0.4, 0.5) is 13.6 Å². The maximum absolute atomic E-state index is 13.1. The van der Waals surface area contributed by atoms with Gasteiger partial charge in [0.05, 0.1) is 6.04 Å². The minimum absolute atomic E-state index is 0.0178.